The predicted octanol–water partition coefficient (Wildman–Crippen LogP) is 3.41. The number of aromatic nitrogens is 2. The Labute approximate surface area is 129 Å². The topological polar surface area (TPSA) is 54.2 Å². The van der Waals surface area contributed by atoms with Crippen LogP contribution in [0, 0.1) is 5.82 Å². The van der Waals surface area contributed by atoms with E-state index in [1.807, 2.05) is 19.9 Å². The highest BCUT2D eigenvalue weighted by molar-refractivity contribution is 5.45. The smallest absolute Gasteiger partial charge is 0.324 e. The molecule has 2 heterocycles. The number of para-hydroxylation sites is 1. The van der Waals surface area contributed by atoms with E-state index in [2.05, 4.69) is 20.4 Å². The van der Waals surface area contributed by atoms with Crippen LogP contribution in [0.3, 0.4) is 0 Å². The molecule has 5 nitrogen and oxygen atoms in total. The molecule has 1 aromatic heterocycles. The molecule has 1 aliphatic heterocycles. The summed E-state index contributed by atoms with van der Waals surface area (Å²) in [7, 11) is 0. The van der Waals surface area contributed by atoms with Crippen LogP contribution in [0.15, 0.2) is 28.8 Å². The van der Waals surface area contributed by atoms with Gasteiger partial charge in [-0.05, 0) is 25.0 Å². The van der Waals surface area contributed by atoms with Crippen molar-refractivity contribution < 1.29 is 8.91 Å². The molecule has 0 radical (unpaired) electrons. The number of hydrogen-bond donors (Lipinski definition) is 1. The molecular weight excluding hydrogens is 283 g/mol. The molecule has 0 saturated carbocycles. The van der Waals surface area contributed by atoms with Gasteiger partial charge in [0.25, 0.3) is 0 Å². The second-order valence-corrected chi connectivity index (χ2v) is 5.98. The summed E-state index contributed by atoms with van der Waals surface area (Å²) in [5.74, 6) is 0.794. The first-order valence-electron chi connectivity index (χ1n) is 7.73. The molecule has 0 aliphatic carbocycles. The molecule has 3 rings (SSSR count). The fourth-order valence-electron chi connectivity index (χ4n) is 2.60. The number of halogens is 1. The van der Waals surface area contributed by atoms with Gasteiger partial charge in [-0.1, -0.05) is 31.1 Å². The van der Waals surface area contributed by atoms with E-state index in [1.54, 1.807) is 12.1 Å². The standard InChI is InChI=1S/C16H21FN4O/c1-11(2)15-19-16(22-20-15)21-9-7-12(8-10-21)18-14-6-4-3-5-13(14)17/h3-6,11-12,18H,7-10H2,1-2H3. The van der Waals surface area contributed by atoms with Crippen molar-refractivity contribution in [1.29, 1.82) is 0 Å². The van der Waals surface area contributed by atoms with Crippen LogP contribution >= 0.6 is 0 Å². The minimum atomic E-state index is -0.205. The van der Waals surface area contributed by atoms with Crippen LogP contribution in [0.4, 0.5) is 16.1 Å². The van der Waals surface area contributed by atoms with Gasteiger partial charge < -0.3 is 14.7 Å². The molecule has 0 unspecified atom stereocenters. The summed E-state index contributed by atoms with van der Waals surface area (Å²) in [6.07, 6.45) is 1.82. The maximum absolute atomic E-state index is 13.7. The number of nitrogens with zero attached hydrogens (tertiary/aromatic N) is 3. The lowest BCUT2D eigenvalue weighted by atomic mass is 10.0. The number of benzene rings is 1. The molecule has 0 bridgehead atoms. The Hall–Kier alpha value is -2.11. The van der Waals surface area contributed by atoms with Crippen molar-refractivity contribution in [1.82, 2.24) is 10.1 Å². The van der Waals surface area contributed by atoms with E-state index < -0.39 is 0 Å². The quantitative estimate of drug-likeness (QED) is 0.938. The van der Waals surface area contributed by atoms with E-state index in [0.29, 0.717) is 11.7 Å². The van der Waals surface area contributed by atoms with Crippen LogP contribution in [0.1, 0.15) is 38.4 Å². The van der Waals surface area contributed by atoms with Crippen LogP contribution in [0.25, 0.3) is 0 Å². The molecule has 2 aromatic rings. The zero-order chi connectivity index (χ0) is 15.5. The molecule has 0 atom stereocenters. The zero-order valence-electron chi connectivity index (χ0n) is 12.9. The molecule has 1 saturated heterocycles. The van der Waals surface area contributed by atoms with Crippen LogP contribution in [0.5, 0.6) is 0 Å². The highest BCUT2D eigenvalue weighted by atomic mass is 19.1. The Balaban J connectivity index is 1.57. The van der Waals surface area contributed by atoms with Crippen molar-refractivity contribution in [2.24, 2.45) is 0 Å². The van der Waals surface area contributed by atoms with Crippen LogP contribution in [-0.2, 0) is 0 Å². The molecular formula is C16H21FN4O. The van der Waals surface area contributed by atoms with Gasteiger partial charge in [-0.2, -0.15) is 4.98 Å². The molecule has 0 spiro atoms. The Kier molecular flexibility index (Phi) is 4.27. The first-order valence-corrected chi connectivity index (χ1v) is 7.73. The fourth-order valence-corrected chi connectivity index (χ4v) is 2.60. The highest BCUT2D eigenvalue weighted by Gasteiger charge is 2.23. The molecule has 1 N–H and O–H groups in total. The molecule has 1 fully saturated rings. The number of anilines is 2. The van der Waals surface area contributed by atoms with Crippen molar-refractivity contribution in [3.8, 4) is 0 Å². The van der Waals surface area contributed by atoms with Gasteiger partial charge in [-0.25, -0.2) is 4.39 Å². The molecule has 1 aliphatic rings. The second-order valence-electron chi connectivity index (χ2n) is 5.98. The first kappa shape index (κ1) is 14.8. The Morgan fingerprint density at radius 3 is 2.64 bits per heavy atom. The highest BCUT2D eigenvalue weighted by Crippen LogP contribution is 2.23. The van der Waals surface area contributed by atoms with Crippen LogP contribution < -0.4 is 10.2 Å². The maximum atomic E-state index is 13.7. The lowest BCUT2D eigenvalue weighted by Crippen LogP contribution is -2.39. The third-order valence-corrected chi connectivity index (χ3v) is 3.95. The van der Waals surface area contributed by atoms with Gasteiger partial charge in [0, 0.05) is 25.0 Å². The van der Waals surface area contributed by atoms with Crippen molar-refractivity contribution in [3.05, 3.63) is 35.9 Å². The van der Waals surface area contributed by atoms with Gasteiger partial charge in [-0.15, -0.1) is 0 Å². The van der Waals surface area contributed by atoms with Crippen LogP contribution in [0.2, 0.25) is 0 Å². The van der Waals surface area contributed by atoms with Gasteiger partial charge in [0.2, 0.25) is 0 Å². The summed E-state index contributed by atoms with van der Waals surface area (Å²) in [6.45, 7) is 5.73. The van der Waals surface area contributed by atoms with Gasteiger partial charge >= 0.3 is 6.01 Å². The van der Waals surface area contributed by atoms with Gasteiger partial charge in [0.15, 0.2) is 5.82 Å². The Bertz CT molecular complexity index is 620. The molecule has 0 amide bonds. The predicted molar refractivity (Wildman–Crippen MR) is 83.6 cm³/mol. The van der Waals surface area contributed by atoms with E-state index in [9.17, 15) is 4.39 Å². The summed E-state index contributed by atoms with van der Waals surface area (Å²) < 4.78 is 19.0. The van der Waals surface area contributed by atoms with Crippen molar-refractivity contribution in [2.45, 2.75) is 38.6 Å². The number of hydrogen-bond acceptors (Lipinski definition) is 5. The molecule has 118 valence electrons. The molecule has 22 heavy (non-hydrogen) atoms. The molecule has 6 heteroatoms. The molecule has 1 aromatic carbocycles. The van der Waals surface area contributed by atoms with Gasteiger partial charge in [0.1, 0.15) is 5.82 Å². The van der Waals surface area contributed by atoms with Crippen molar-refractivity contribution in [3.63, 3.8) is 0 Å². The number of rotatable bonds is 4. The normalized spacial score (nSPS) is 16.3. The maximum Gasteiger partial charge on any atom is 0.324 e. The summed E-state index contributed by atoms with van der Waals surface area (Å²) in [6, 6.07) is 7.64. The average Bonchev–Trinajstić information content (AvgIpc) is 3.00. The lowest BCUT2D eigenvalue weighted by Gasteiger charge is -2.31. The van der Waals surface area contributed by atoms with E-state index in [1.165, 1.54) is 6.07 Å². The van der Waals surface area contributed by atoms with E-state index in [-0.39, 0.29) is 17.8 Å². The summed E-state index contributed by atoms with van der Waals surface area (Å²) in [5.41, 5.74) is 0.570. The van der Waals surface area contributed by atoms with E-state index >= 15 is 0 Å². The van der Waals surface area contributed by atoms with E-state index in [0.717, 1.165) is 31.8 Å². The largest absolute Gasteiger partial charge is 0.380 e. The third kappa shape index (κ3) is 3.21. The summed E-state index contributed by atoms with van der Waals surface area (Å²) in [5, 5.41) is 7.27. The van der Waals surface area contributed by atoms with Gasteiger partial charge in [0.05, 0.1) is 5.69 Å². The summed E-state index contributed by atoms with van der Waals surface area (Å²) >= 11 is 0. The lowest BCUT2D eigenvalue weighted by molar-refractivity contribution is 0.390. The Morgan fingerprint density at radius 2 is 2.00 bits per heavy atom. The second kappa shape index (κ2) is 6.34. The Morgan fingerprint density at radius 1 is 1.27 bits per heavy atom. The SMILES string of the molecule is CC(C)c1noc(N2CCC(Nc3ccccc3F)CC2)n1. The van der Waals surface area contributed by atoms with Crippen LogP contribution in [-0.4, -0.2) is 29.3 Å². The first-order chi connectivity index (χ1) is 10.6. The number of piperidine rings is 1. The van der Waals surface area contributed by atoms with Gasteiger partial charge in [-0.3, -0.25) is 0 Å². The third-order valence-electron chi connectivity index (χ3n) is 3.95. The minimum Gasteiger partial charge on any atom is -0.380 e. The van der Waals surface area contributed by atoms with Crippen molar-refractivity contribution in [2.75, 3.05) is 23.3 Å². The summed E-state index contributed by atoms with van der Waals surface area (Å²) in [4.78, 5) is 6.52. The van der Waals surface area contributed by atoms with Crippen molar-refractivity contribution >= 4 is 11.7 Å². The fraction of sp³-hybridized carbons (Fsp3) is 0.500. The number of nitrogens with one attached hydrogen (secondary N) is 1. The monoisotopic (exact) mass is 304 g/mol. The zero-order valence-corrected chi connectivity index (χ0v) is 12.9. The minimum absolute atomic E-state index is 0.205. The average molecular weight is 304 g/mol. The van der Waals surface area contributed by atoms with E-state index in [4.69, 9.17) is 4.52 Å².